The third-order valence-corrected chi connectivity index (χ3v) is 6.20. The third kappa shape index (κ3) is 5.19. The van der Waals surface area contributed by atoms with E-state index >= 15 is 0 Å². The van der Waals surface area contributed by atoms with Crippen molar-refractivity contribution in [2.45, 2.75) is 36.2 Å². The van der Waals surface area contributed by atoms with Crippen molar-refractivity contribution in [1.82, 2.24) is 15.8 Å². The monoisotopic (exact) mass is 401 g/mol. The number of amides is 1. The minimum atomic E-state index is -3.33. The zero-order valence-corrected chi connectivity index (χ0v) is 17.1. The first-order chi connectivity index (χ1) is 13.3. The summed E-state index contributed by atoms with van der Waals surface area (Å²) in [5.74, 6) is -0.162. The highest BCUT2D eigenvalue weighted by Crippen LogP contribution is 2.24. The van der Waals surface area contributed by atoms with Gasteiger partial charge in [0.2, 0.25) is 0 Å². The van der Waals surface area contributed by atoms with E-state index in [2.05, 4.69) is 23.0 Å². The van der Waals surface area contributed by atoms with E-state index < -0.39 is 9.84 Å². The number of hydrogen-bond donors (Lipinski definition) is 2. The topological polar surface area (TPSA) is 78.5 Å². The van der Waals surface area contributed by atoms with E-state index in [1.165, 1.54) is 17.7 Å². The van der Waals surface area contributed by atoms with Crippen LogP contribution in [0.25, 0.3) is 0 Å². The minimum Gasteiger partial charge on any atom is -0.342 e. The van der Waals surface area contributed by atoms with Gasteiger partial charge >= 0.3 is 0 Å². The Morgan fingerprint density at radius 3 is 2.57 bits per heavy atom. The van der Waals surface area contributed by atoms with Crippen LogP contribution in [0.1, 0.15) is 41.2 Å². The van der Waals surface area contributed by atoms with Crippen LogP contribution in [0.2, 0.25) is 0 Å². The number of sulfone groups is 1. The summed E-state index contributed by atoms with van der Waals surface area (Å²) in [6.07, 6.45) is 3.98. The molecule has 7 heteroatoms. The number of nitrogens with one attached hydrogen (secondary N) is 2. The van der Waals surface area contributed by atoms with Gasteiger partial charge < -0.3 is 4.90 Å². The Labute approximate surface area is 166 Å². The van der Waals surface area contributed by atoms with E-state index in [4.69, 9.17) is 0 Å². The molecule has 1 fully saturated rings. The van der Waals surface area contributed by atoms with Gasteiger partial charge in [-0.05, 0) is 43.0 Å². The predicted molar refractivity (Wildman–Crippen MR) is 110 cm³/mol. The molecule has 3 rings (SSSR count). The molecule has 28 heavy (non-hydrogen) atoms. The molecule has 0 spiro atoms. The Hall–Kier alpha value is -2.22. The zero-order chi connectivity index (χ0) is 20.1. The second-order valence-electron chi connectivity index (χ2n) is 7.35. The van der Waals surface area contributed by atoms with Crippen molar-refractivity contribution >= 4 is 15.7 Å². The summed E-state index contributed by atoms with van der Waals surface area (Å²) in [5.41, 5.74) is 8.36. The summed E-state index contributed by atoms with van der Waals surface area (Å²) < 4.78 is 23.4. The normalized spacial score (nSPS) is 19.5. The Balaban J connectivity index is 1.48. The van der Waals surface area contributed by atoms with Crippen LogP contribution in [0.5, 0.6) is 0 Å². The van der Waals surface area contributed by atoms with Gasteiger partial charge in [-0.25, -0.2) is 8.42 Å². The highest BCUT2D eigenvalue weighted by molar-refractivity contribution is 7.90. The maximum Gasteiger partial charge on any atom is 0.253 e. The second-order valence-corrected chi connectivity index (χ2v) is 9.37. The fraction of sp³-hybridized carbons (Fsp3) is 0.381. The van der Waals surface area contributed by atoms with Crippen LogP contribution < -0.4 is 10.9 Å². The third-order valence-electron chi connectivity index (χ3n) is 5.09. The standard InChI is InChI=1S/C21H27N3O3S/c1-24(21(25)17-10-6-12-19(14-17)28(2,26)27)13-7-11-18-15-20(23-22-18)16-8-4-3-5-9-16/h3-6,8-10,12,14,18,20,22-23H,7,11,13,15H2,1-2H3. The molecular weight excluding hydrogens is 374 g/mol. The van der Waals surface area contributed by atoms with E-state index in [0.717, 1.165) is 25.5 Å². The van der Waals surface area contributed by atoms with Gasteiger partial charge in [0.05, 0.1) is 4.90 Å². The van der Waals surface area contributed by atoms with Gasteiger partial charge in [-0.1, -0.05) is 36.4 Å². The van der Waals surface area contributed by atoms with Crippen LogP contribution in [-0.4, -0.2) is 45.1 Å². The number of rotatable bonds is 7. The summed E-state index contributed by atoms with van der Waals surface area (Å²) in [4.78, 5) is 14.4. The minimum absolute atomic E-state index is 0.162. The second kappa shape index (κ2) is 8.86. The van der Waals surface area contributed by atoms with Gasteiger partial charge in [-0.15, -0.1) is 0 Å². The molecular formula is C21H27N3O3S. The summed E-state index contributed by atoms with van der Waals surface area (Å²) in [7, 11) is -1.57. The van der Waals surface area contributed by atoms with Crippen molar-refractivity contribution in [3.8, 4) is 0 Å². The number of hydrazine groups is 1. The smallest absolute Gasteiger partial charge is 0.253 e. The van der Waals surface area contributed by atoms with Crippen LogP contribution in [-0.2, 0) is 9.84 Å². The number of hydrogen-bond acceptors (Lipinski definition) is 5. The predicted octanol–water partition coefficient (Wildman–Crippen LogP) is 2.55. The van der Waals surface area contributed by atoms with Gasteiger partial charge in [0.1, 0.15) is 0 Å². The fourth-order valence-corrected chi connectivity index (χ4v) is 4.14. The molecule has 2 aromatic carbocycles. The SMILES string of the molecule is CN(CCCC1CC(c2ccccc2)NN1)C(=O)c1cccc(S(C)(=O)=O)c1. The van der Waals surface area contributed by atoms with Crippen molar-refractivity contribution in [3.05, 3.63) is 65.7 Å². The quantitative estimate of drug-likeness (QED) is 0.746. The van der Waals surface area contributed by atoms with Crippen molar-refractivity contribution in [3.63, 3.8) is 0 Å². The van der Waals surface area contributed by atoms with Gasteiger partial charge in [-0.2, -0.15) is 0 Å². The lowest BCUT2D eigenvalue weighted by Gasteiger charge is -2.18. The maximum atomic E-state index is 12.6. The average molecular weight is 402 g/mol. The van der Waals surface area contributed by atoms with Crippen LogP contribution in [0, 0.1) is 0 Å². The molecule has 1 saturated heterocycles. The molecule has 0 bridgehead atoms. The molecule has 1 heterocycles. The summed E-state index contributed by atoms with van der Waals surface area (Å²) in [6.45, 7) is 0.621. The molecule has 2 unspecified atom stereocenters. The molecule has 6 nitrogen and oxygen atoms in total. The fourth-order valence-electron chi connectivity index (χ4n) is 3.47. The molecule has 0 aliphatic carbocycles. The zero-order valence-electron chi connectivity index (χ0n) is 16.3. The molecule has 1 aliphatic rings. The molecule has 1 amide bonds. The molecule has 150 valence electrons. The maximum absolute atomic E-state index is 12.6. The lowest BCUT2D eigenvalue weighted by atomic mass is 10.00. The molecule has 0 radical (unpaired) electrons. The molecule has 2 atom stereocenters. The summed E-state index contributed by atoms with van der Waals surface area (Å²) >= 11 is 0. The summed E-state index contributed by atoms with van der Waals surface area (Å²) in [5, 5.41) is 0. The van der Waals surface area contributed by atoms with Crippen LogP contribution in [0.3, 0.4) is 0 Å². The Bertz CT molecular complexity index is 916. The molecule has 1 aliphatic heterocycles. The highest BCUT2D eigenvalue weighted by atomic mass is 32.2. The highest BCUT2D eigenvalue weighted by Gasteiger charge is 2.24. The van der Waals surface area contributed by atoms with Crippen molar-refractivity contribution < 1.29 is 13.2 Å². The Kier molecular flexibility index (Phi) is 6.49. The first-order valence-corrected chi connectivity index (χ1v) is 11.4. The van der Waals surface area contributed by atoms with Crippen molar-refractivity contribution in [2.24, 2.45) is 0 Å². The van der Waals surface area contributed by atoms with Crippen molar-refractivity contribution in [1.29, 1.82) is 0 Å². The van der Waals surface area contributed by atoms with Gasteiger partial charge in [0.15, 0.2) is 9.84 Å². The van der Waals surface area contributed by atoms with Crippen LogP contribution in [0.15, 0.2) is 59.5 Å². The number of benzene rings is 2. The number of nitrogens with zero attached hydrogens (tertiary/aromatic N) is 1. The van der Waals surface area contributed by atoms with Gasteiger partial charge in [-0.3, -0.25) is 15.6 Å². The Morgan fingerprint density at radius 2 is 1.86 bits per heavy atom. The van der Waals surface area contributed by atoms with E-state index in [0.29, 0.717) is 24.2 Å². The molecule has 2 N–H and O–H groups in total. The Morgan fingerprint density at radius 1 is 1.11 bits per heavy atom. The largest absolute Gasteiger partial charge is 0.342 e. The lowest BCUT2D eigenvalue weighted by Crippen LogP contribution is -2.32. The van der Waals surface area contributed by atoms with Crippen LogP contribution >= 0.6 is 0 Å². The lowest BCUT2D eigenvalue weighted by molar-refractivity contribution is 0.0791. The van der Waals surface area contributed by atoms with E-state index in [9.17, 15) is 13.2 Å². The first kappa shape index (κ1) is 20.5. The number of carbonyl (C=O) groups excluding carboxylic acids is 1. The van der Waals surface area contributed by atoms with Gasteiger partial charge in [0, 0.05) is 37.5 Å². The molecule has 0 aromatic heterocycles. The van der Waals surface area contributed by atoms with Crippen LogP contribution in [0.4, 0.5) is 0 Å². The van der Waals surface area contributed by atoms with E-state index in [1.54, 1.807) is 24.1 Å². The molecule has 2 aromatic rings. The molecule has 0 saturated carbocycles. The first-order valence-electron chi connectivity index (χ1n) is 9.46. The summed E-state index contributed by atoms with van der Waals surface area (Å²) in [6, 6.07) is 17.2. The average Bonchev–Trinajstić information content (AvgIpc) is 3.16. The van der Waals surface area contributed by atoms with Crippen molar-refractivity contribution in [2.75, 3.05) is 19.8 Å². The van der Waals surface area contributed by atoms with E-state index in [1.807, 2.05) is 18.2 Å². The van der Waals surface area contributed by atoms with E-state index in [-0.39, 0.29) is 10.8 Å². The van der Waals surface area contributed by atoms with Gasteiger partial charge in [0.25, 0.3) is 5.91 Å². The number of carbonyl (C=O) groups is 1.